The van der Waals surface area contributed by atoms with Crippen LogP contribution in [0.5, 0.6) is 11.5 Å². The fourth-order valence-corrected chi connectivity index (χ4v) is 3.03. The first-order chi connectivity index (χ1) is 13.2. The Kier molecular flexibility index (Phi) is 4.62. The summed E-state index contributed by atoms with van der Waals surface area (Å²) in [6.07, 6.45) is 0. The maximum Gasteiger partial charge on any atom is 0.336 e. The van der Waals surface area contributed by atoms with E-state index in [1.54, 1.807) is 13.2 Å². The third kappa shape index (κ3) is 3.55. The van der Waals surface area contributed by atoms with Crippen LogP contribution in [0, 0.1) is 0 Å². The first kappa shape index (κ1) is 16.9. The zero-order valence-corrected chi connectivity index (χ0v) is 14.8. The minimum atomic E-state index is -0.402. The van der Waals surface area contributed by atoms with Crippen molar-refractivity contribution in [1.82, 2.24) is 0 Å². The van der Waals surface area contributed by atoms with Crippen molar-refractivity contribution in [3.8, 4) is 22.6 Å². The Labute approximate surface area is 156 Å². The van der Waals surface area contributed by atoms with Gasteiger partial charge in [0.15, 0.2) is 11.5 Å². The predicted molar refractivity (Wildman–Crippen MR) is 105 cm³/mol. The summed E-state index contributed by atoms with van der Waals surface area (Å²) in [5.74, 6) is 1.12. The van der Waals surface area contributed by atoms with Crippen LogP contribution in [0.1, 0.15) is 5.56 Å². The molecule has 0 saturated heterocycles. The third-order valence-electron chi connectivity index (χ3n) is 4.35. The number of methoxy groups -OCH3 is 1. The molecule has 0 saturated carbocycles. The second-order valence-corrected chi connectivity index (χ2v) is 6.12. The number of fused-ring (bicyclic) bond motifs is 1. The molecule has 0 aliphatic rings. The molecule has 0 aliphatic heterocycles. The molecule has 0 aliphatic carbocycles. The highest BCUT2D eigenvalue weighted by Gasteiger charge is 2.14. The average Bonchev–Trinajstić information content (AvgIpc) is 2.72. The Bertz CT molecular complexity index is 1120. The van der Waals surface area contributed by atoms with E-state index in [0.29, 0.717) is 23.7 Å². The molecule has 3 aromatic carbocycles. The lowest BCUT2D eigenvalue weighted by Gasteiger charge is -2.13. The van der Waals surface area contributed by atoms with E-state index in [4.69, 9.17) is 13.9 Å². The van der Waals surface area contributed by atoms with Gasteiger partial charge in [-0.15, -0.1) is 0 Å². The van der Waals surface area contributed by atoms with Gasteiger partial charge < -0.3 is 13.9 Å². The second kappa shape index (κ2) is 7.38. The highest BCUT2D eigenvalue weighted by molar-refractivity contribution is 5.95. The molecule has 0 unspecified atom stereocenters. The molecule has 4 aromatic rings. The van der Waals surface area contributed by atoms with Crippen LogP contribution in [0.2, 0.25) is 0 Å². The fourth-order valence-electron chi connectivity index (χ4n) is 3.03. The number of benzene rings is 3. The minimum absolute atomic E-state index is 0.402. The van der Waals surface area contributed by atoms with Crippen LogP contribution in [0.15, 0.2) is 88.1 Å². The molecule has 134 valence electrons. The average molecular weight is 358 g/mol. The summed E-state index contributed by atoms with van der Waals surface area (Å²) in [4.78, 5) is 12.0. The molecule has 0 bridgehead atoms. The second-order valence-electron chi connectivity index (χ2n) is 6.12. The van der Waals surface area contributed by atoms with Crippen molar-refractivity contribution in [2.24, 2.45) is 0 Å². The lowest BCUT2D eigenvalue weighted by atomic mass is 10.0. The van der Waals surface area contributed by atoms with Crippen molar-refractivity contribution >= 4 is 11.0 Å². The van der Waals surface area contributed by atoms with Crippen LogP contribution < -0.4 is 15.1 Å². The SMILES string of the molecule is COc1cc2oc(=O)cc(-c3ccccc3)c2cc1OCc1ccccc1. The van der Waals surface area contributed by atoms with E-state index in [1.165, 1.54) is 6.07 Å². The summed E-state index contributed by atoms with van der Waals surface area (Å²) in [5.41, 5.74) is 2.86. The van der Waals surface area contributed by atoms with Crippen LogP contribution >= 0.6 is 0 Å². The van der Waals surface area contributed by atoms with Gasteiger partial charge in [0, 0.05) is 17.5 Å². The summed E-state index contributed by atoms with van der Waals surface area (Å²) >= 11 is 0. The lowest BCUT2D eigenvalue weighted by molar-refractivity contribution is 0.285. The topological polar surface area (TPSA) is 48.7 Å². The Balaban J connectivity index is 1.82. The van der Waals surface area contributed by atoms with E-state index in [2.05, 4.69) is 0 Å². The summed E-state index contributed by atoms with van der Waals surface area (Å²) in [7, 11) is 1.57. The molecular weight excluding hydrogens is 340 g/mol. The zero-order chi connectivity index (χ0) is 18.6. The molecule has 4 heteroatoms. The first-order valence-electron chi connectivity index (χ1n) is 8.62. The van der Waals surface area contributed by atoms with Crippen molar-refractivity contribution in [3.05, 3.63) is 94.8 Å². The largest absolute Gasteiger partial charge is 0.493 e. The van der Waals surface area contributed by atoms with Crippen molar-refractivity contribution in [2.75, 3.05) is 7.11 Å². The molecule has 0 fully saturated rings. The first-order valence-corrected chi connectivity index (χ1v) is 8.62. The van der Waals surface area contributed by atoms with Gasteiger partial charge in [0.2, 0.25) is 0 Å². The fraction of sp³-hybridized carbons (Fsp3) is 0.0870. The summed E-state index contributed by atoms with van der Waals surface area (Å²) in [6.45, 7) is 0.417. The summed E-state index contributed by atoms with van der Waals surface area (Å²) in [6, 6.07) is 24.7. The number of hydrogen-bond acceptors (Lipinski definition) is 4. The Morgan fingerprint density at radius 3 is 2.26 bits per heavy atom. The molecular formula is C23H18O4. The van der Waals surface area contributed by atoms with Gasteiger partial charge in [0.25, 0.3) is 0 Å². The predicted octanol–water partition coefficient (Wildman–Crippen LogP) is 5.05. The molecule has 1 heterocycles. The molecule has 1 aromatic heterocycles. The van der Waals surface area contributed by atoms with Gasteiger partial charge >= 0.3 is 5.63 Å². The smallest absolute Gasteiger partial charge is 0.336 e. The Hall–Kier alpha value is -3.53. The Morgan fingerprint density at radius 2 is 1.56 bits per heavy atom. The monoisotopic (exact) mass is 358 g/mol. The van der Waals surface area contributed by atoms with Crippen molar-refractivity contribution in [1.29, 1.82) is 0 Å². The van der Waals surface area contributed by atoms with E-state index in [9.17, 15) is 4.79 Å². The number of ether oxygens (including phenoxy) is 2. The molecule has 27 heavy (non-hydrogen) atoms. The lowest BCUT2D eigenvalue weighted by Crippen LogP contribution is -2.01. The van der Waals surface area contributed by atoms with E-state index < -0.39 is 5.63 Å². The maximum absolute atomic E-state index is 12.0. The van der Waals surface area contributed by atoms with Crippen LogP contribution in [-0.2, 0) is 6.61 Å². The van der Waals surface area contributed by atoms with E-state index in [1.807, 2.05) is 66.7 Å². The van der Waals surface area contributed by atoms with E-state index >= 15 is 0 Å². The summed E-state index contributed by atoms with van der Waals surface area (Å²) in [5, 5.41) is 0.796. The molecule has 0 atom stereocenters. The summed E-state index contributed by atoms with van der Waals surface area (Å²) < 4.78 is 16.8. The van der Waals surface area contributed by atoms with Gasteiger partial charge in [-0.3, -0.25) is 0 Å². The van der Waals surface area contributed by atoms with Crippen molar-refractivity contribution in [2.45, 2.75) is 6.61 Å². The highest BCUT2D eigenvalue weighted by Crippen LogP contribution is 2.36. The van der Waals surface area contributed by atoms with Gasteiger partial charge in [0.1, 0.15) is 12.2 Å². The Morgan fingerprint density at radius 1 is 0.852 bits per heavy atom. The van der Waals surface area contributed by atoms with Crippen LogP contribution in [0.25, 0.3) is 22.1 Å². The van der Waals surface area contributed by atoms with E-state index in [-0.39, 0.29) is 0 Å². The minimum Gasteiger partial charge on any atom is -0.493 e. The number of rotatable bonds is 5. The van der Waals surface area contributed by atoms with Crippen molar-refractivity contribution in [3.63, 3.8) is 0 Å². The van der Waals surface area contributed by atoms with Gasteiger partial charge in [-0.05, 0) is 22.8 Å². The molecule has 4 rings (SSSR count). The third-order valence-corrected chi connectivity index (χ3v) is 4.35. The highest BCUT2D eigenvalue weighted by atomic mass is 16.5. The molecule has 0 spiro atoms. The van der Waals surface area contributed by atoms with Gasteiger partial charge in [-0.2, -0.15) is 0 Å². The normalized spacial score (nSPS) is 10.7. The van der Waals surface area contributed by atoms with Gasteiger partial charge in [0.05, 0.1) is 7.11 Å². The van der Waals surface area contributed by atoms with Crippen molar-refractivity contribution < 1.29 is 13.9 Å². The number of hydrogen-bond donors (Lipinski definition) is 0. The van der Waals surface area contributed by atoms with Crippen LogP contribution in [0.4, 0.5) is 0 Å². The maximum atomic E-state index is 12.0. The zero-order valence-electron chi connectivity index (χ0n) is 14.8. The van der Waals surface area contributed by atoms with Gasteiger partial charge in [-0.1, -0.05) is 60.7 Å². The standard InChI is InChI=1S/C23H18O4/c1-25-21-14-20-19(12-22(21)26-15-16-8-4-2-5-9-16)18(13-23(24)27-20)17-10-6-3-7-11-17/h2-14H,15H2,1H3. The molecule has 0 amide bonds. The molecule has 0 radical (unpaired) electrons. The van der Waals surface area contributed by atoms with Crippen LogP contribution in [0.3, 0.4) is 0 Å². The molecule has 0 N–H and O–H groups in total. The van der Waals surface area contributed by atoms with E-state index in [0.717, 1.165) is 22.1 Å². The van der Waals surface area contributed by atoms with Gasteiger partial charge in [-0.25, -0.2) is 4.79 Å². The quantitative estimate of drug-likeness (QED) is 0.469. The van der Waals surface area contributed by atoms with Crippen LogP contribution in [-0.4, -0.2) is 7.11 Å². The molecule has 4 nitrogen and oxygen atoms in total.